The summed E-state index contributed by atoms with van der Waals surface area (Å²) < 4.78 is 5.68. The second-order valence-corrected chi connectivity index (χ2v) is 4.60. The first kappa shape index (κ1) is 11.5. The molecule has 0 aromatic heterocycles. The van der Waals surface area contributed by atoms with Crippen molar-refractivity contribution in [1.29, 1.82) is 10.5 Å². The summed E-state index contributed by atoms with van der Waals surface area (Å²) in [5.41, 5.74) is 1.11. The van der Waals surface area contributed by atoms with Crippen molar-refractivity contribution >= 4 is 0 Å². The quantitative estimate of drug-likeness (QED) is 0.775. The predicted molar refractivity (Wildman–Crippen MR) is 63.2 cm³/mol. The Morgan fingerprint density at radius 2 is 1.82 bits per heavy atom. The summed E-state index contributed by atoms with van der Waals surface area (Å²) >= 11 is 0. The van der Waals surface area contributed by atoms with Crippen LogP contribution in [0.1, 0.15) is 24.8 Å². The van der Waals surface area contributed by atoms with Gasteiger partial charge in [0.1, 0.15) is 5.75 Å². The van der Waals surface area contributed by atoms with Crippen molar-refractivity contribution in [3.05, 3.63) is 29.8 Å². The second kappa shape index (κ2) is 4.89. The van der Waals surface area contributed by atoms with E-state index < -0.39 is 0 Å². The highest BCUT2D eigenvalue weighted by atomic mass is 16.5. The van der Waals surface area contributed by atoms with Crippen molar-refractivity contribution in [3.63, 3.8) is 0 Å². The number of hydrogen-bond acceptors (Lipinski definition) is 3. The lowest BCUT2D eigenvalue weighted by Crippen LogP contribution is -2.12. The molecule has 1 aromatic rings. The maximum absolute atomic E-state index is 8.70. The lowest BCUT2D eigenvalue weighted by Gasteiger charge is -2.12. The van der Waals surface area contributed by atoms with Gasteiger partial charge in [-0.2, -0.15) is 10.5 Å². The Bertz CT molecular complexity index is 460. The largest absolute Gasteiger partial charge is 0.493 e. The third kappa shape index (κ3) is 2.98. The number of nitrogens with zero attached hydrogens (tertiary/aromatic N) is 2. The highest BCUT2D eigenvalue weighted by molar-refractivity contribution is 5.28. The molecule has 1 saturated carbocycles. The Hall–Kier alpha value is -2.00. The van der Waals surface area contributed by atoms with Crippen molar-refractivity contribution in [2.24, 2.45) is 5.41 Å². The van der Waals surface area contributed by atoms with Gasteiger partial charge in [0.15, 0.2) is 0 Å². The molecule has 86 valence electrons. The van der Waals surface area contributed by atoms with Gasteiger partial charge in [-0.15, -0.1) is 0 Å². The van der Waals surface area contributed by atoms with Crippen molar-refractivity contribution in [1.82, 2.24) is 0 Å². The molecule has 0 saturated heterocycles. The molecule has 17 heavy (non-hydrogen) atoms. The monoisotopic (exact) mass is 226 g/mol. The lowest BCUT2D eigenvalue weighted by molar-refractivity contribution is 0.237. The summed E-state index contributed by atoms with van der Waals surface area (Å²) in [5.74, 6) is 0.816. The van der Waals surface area contributed by atoms with Gasteiger partial charge in [-0.05, 0) is 30.5 Å². The zero-order valence-electron chi connectivity index (χ0n) is 9.65. The van der Waals surface area contributed by atoms with Gasteiger partial charge in [-0.1, -0.05) is 12.1 Å². The van der Waals surface area contributed by atoms with E-state index in [1.54, 1.807) is 0 Å². The van der Waals surface area contributed by atoms with E-state index in [2.05, 4.69) is 12.1 Å². The van der Waals surface area contributed by atoms with Crippen LogP contribution in [0, 0.1) is 28.1 Å². The summed E-state index contributed by atoms with van der Waals surface area (Å²) in [4.78, 5) is 0. The smallest absolute Gasteiger partial charge is 0.119 e. The van der Waals surface area contributed by atoms with Gasteiger partial charge < -0.3 is 4.74 Å². The Kier molecular flexibility index (Phi) is 3.30. The molecule has 1 aliphatic rings. The summed E-state index contributed by atoms with van der Waals surface area (Å²) in [6.45, 7) is 0.623. The maximum atomic E-state index is 8.70. The molecule has 0 N–H and O–H groups in total. The van der Waals surface area contributed by atoms with Gasteiger partial charge in [0.25, 0.3) is 0 Å². The molecule has 0 heterocycles. The highest BCUT2D eigenvalue weighted by Gasteiger charge is 2.43. The average molecular weight is 226 g/mol. The Labute approximate surface area is 101 Å². The van der Waals surface area contributed by atoms with Crippen LogP contribution in [0.4, 0.5) is 0 Å². The SMILES string of the molecule is N#CCc1ccc(OCC2(CC#N)CC2)cc1. The first-order valence-corrected chi connectivity index (χ1v) is 5.74. The fraction of sp³-hybridized carbons (Fsp3) is 0.429. The molecule has 0 bridgehead atoms. The molecule has 3 nitrogen and oxygen atoms in total. The molecule has 1 fully saturated rings. The summed E-state index contributed by atoms with van der Waals surface area (Å²) in [7, 11) is 0. The van der Waals surface area contributed by atoms with E-state index in [9.17, 15) is 0 Å². The Balaban J connectivity index is 1.88. The van der Waals surface area contributed by atoms with Crippen LogP contribution in [0.15, 0.2) is 24.3 Å². The Morgan fingerprint density at radius 1 is 1.12 bits per heavy atom. The normalized spacial score (nSPS) is 15.6. The predicted octanol–water partition coefficient (Wildman–Crippen LogP) is 2.83. The first-order chi connectivity index (χ1) is 8.28. The fourth-order valence-corrected chi connectivity index (χ4v) is 1.75. The third-order valence-electron chi connectivity index (χ3n) is 3.16. The summed E-state index contributed by atoms with van der Waals surface area (Å²) in [6, 6.07) is 11.9. The molecule has 1 aromatic carbocycles. The molecule has 0 radical (unpaired) electrons. The van der Waals surface area contributed by atoms with Gasteiger partial charge in [0.2, 0.25) is 0 Å². The molecule has 0 spiro atoms. The molecule has 0 aliphatic heterocycles. The van der Waals surface area contributed by atoms with E-state index in [4.69, 9.17) is 15.3 Å². The molecule has 1 aliphatic carbocycles. The molecule has 0 unspecified atom stereocenters. The maximum Gasteiger partial charge on any atom is 0.119 e. The van der Waals surface area contributed by atoms with Crippen molar-refractivity contribution in [2.45, 2.75) is 25.7 Å². The van der Waals surface area contributed by atoms with Gasteiger partial charge in [-0.3, -0.25) is 0 Å². The molecular formula is C14H14N2O. The molecular weight excluding hydrogens is 212 g/mol. The minimum atomic E-state index is 0.111. The zero-order valence-corrected chi connectivity index (χ0v) is 9.65. The van der Waals surface area contributed by atoms with Crippen molar-refractivity contribution < 1.29 is 4.74 Å². The summed E-state index contributed by atoms with van der Waals surface area (Å²) in [6.07, 6.45) is 3.19. The van der Waals surface area contributed by atoms with Crippen molar-refractivity contribution in [2.75, 3.05) is 6.61 Å². The second-order valence-electron chi connectivity index (χ2n) is 4.60. The van der Waals surface area contributed by atoms with Crippen LogP contribution >= 0.6 is 0 Å². The topological polar surface area (TPSA) is 56.8 Å². The standard InChI is InChI=1S/C14H14N2O/c15-9-5-12-1-3-13(4-2-12)17-11-14(6-7-14)8-10-16/h1-4H,5-8,11H2. The van der Waals surface area contributed by atoms with E-state index >= 15 is 0 Å². The van der Waals surface area contributed by atoms with Crippen LogP contribution in [0.25, 0.3) is 0 Å². The molecule has 0 amide bonds. The minimum Gasteiger partial charge on any atom is -0.493 e. The van der Waals surface area contributed by atoms with E-state index in [0.717, 1.165) is 24.2 Å². The number of hydrogen-bond donors (Lipinski definition) is 0. The van der Waals surface area contributed by atoms with Crippen molar-refractivity contribution in [3.8, 4) is 17.9 Å². The summed E-state index contributed by atoms with van der Waals surface area (Å²) in [5, 5.41) is 17.3. The first-order valence-electron chi connectivity index (χ1n) is 5.74. The zero-order chi connectivity index (χ0) is 12.1. The van der Waals surface area contributed by atoms with E-state index in [1.165, 1.54) is 0 Å². The minimum absolute atomic E-state index is 0.111. The molecule has 0 atom stereocenters. The number of benzene rings is 1. The van der Waals surface area contributed by atoms with Crippen LogP contribution in [0.5, 0.6) is 5.75 Å². The number of nitriles is 2. The van der Waals surface area contributed by atoms with Crippen LogP contribution in [0.2, 0.25) is 0 Å². The van der Waals surface area contributed by atoms with Crippen LogP contribution in [0.3, 0.4) is 0 Å². The van der Waals surface area contributed by atoms with Crippen LogP contribution < -0.4 is 4.74 Å². The van der Waals surface area contributed by atoms with Gasteiger partial charge in [0.05, 0.1) is 25.2 Å². The third-order valence-corrected chi connectivity index (χ3v) is 3.16. The van der Waals surface area contributed by atoms with Gasteiger partial charge in [-0.25, -0.2) is 0 Å². The molecule has 3 heteroatoms. The van der Waals surface area contributed by atoms with E-state index in [0.29, 0.717) is 19.4 Å². The van der Waals surface area contributed by atoms with Gasteiger partial charge in [0, 0.05) is 11.8 Å². The van der Waals surface area contributed by atoms with Crippen LogP contribution in [-0.2, 0) is 6.42 Å². The lowest BCUT2D eigenvalue weighted by atomic mass is 10.1. The Morgan fingerprint density at radius 3 is 2.35 bits per heavy atom. The highest BCUT2D eigenvalue weighted by Crippen LogP contribution is 2.48. The number of rotatable bonds is 5. The fourth-order valence-electron chi connectivity index (χ4n) is 1.75. The van der Waals surface area contributed by atoms with E-state index in [-0.39, 0.29) is 5.41 Å². The van der Waals surface area contributed by atoms with Gasteiger partial charge >= 0.3 is 0 Å². The van der Waals surface area contributed by atoms with E-state index in [1.807, 2.05) is 24.3 Å². The number of ether oxygens (including phenoxy) is 1. The van der Waals surface area contributed by atoms with Crippen LogP contribution in [-0.4, -0.2) is 6.61 Å². The molecule has 2 rings (SSSR count). The average Bonchev–Trinajstić information content (AvgIpc) is 3.10.